The van der Waals surface area contributed by atoms with Gasteiger partial charge < -0.3 is 127 Å². The standard InChI is InChI=1S/C90H149N23O25/c1-25-46(5)64(73(128)96-50(9)76(131)113-40-30-33-58(113)72(127)104-63(45(3)4)74(129)109-90(23,24)83(138)112-87(17,18)79(134)101-55(35-38-60(92)118)69(124)99-54(34-37-59(91)117)68(123)98-53(43-114)41-52-31-28-27-29-32-52)103-62(120)42-94-77(132)84(11,12)110-75(130)65(47(6)26-2)105-81(136)86(15,16)108-71(126)56(36-39-61(93)119)102-80(135)88(19,20)111-82(137)89(21,22)107-67(122)49(8)95-70(125)57(44-115)100-66(121)48(7)97-78(133)85(13,14)106-51(10)116/h27-29,31-32,45-50,53-58,63-65,114-115H,25-26,30,33-44H2,1-24H3,(H2,91,117)(H2,92,118)(H2,93,119)(H,94,132)(H,95,125)(H,96,128)(H,97,133)(H,98,123)(H,99,124)(H,100,121)(H,101,134)(H,102,135)(H,103,120)(H,104,127)(H,105,136)(H,106,116)(H,107,122)(H,108,126)(H,109,129)(H,110,130)(H,111,137)(H,112,138). The van der Waals surface area contributed by atoms with E-state index in [1.165, 1.54) is 130 Å². The van der Waals surface area contributed by atoms with Crippen LogP contribution in [0, 0.1) is 34.0 Å². The largest absolute Gasteiger partial charge is 0.497 e. The summed E-state index contributed by atoms with van der Waals surface area (Å²) in [6.45, 7) is 31.9. The van der Waals surface area contributed by atoms with E-state index in [0.717, 1.165) is 5.56 Å². The second kappa shape index (κ2) is 53.0. The molecular weight excluding hydrogens is 1800 g/mol. The van der Waals surface area contributed by atoms with Crippen LogP contribution in [0.3, 0.4) is 0 Å². The van der Waals surface area contributed by atoms with Gasteiger partial charge in [0.05, 0.1) is 19.3 Å². The van der Waals surface area contributed by atoms with Crippen molar-refractivity contribution in [2.24, 2.45) is 113 Å². The SMILES string of the molecule is CCC(C)C(N=C(O)CN=C(O)C(C)(C)N=C(O)C(N=C(O)C(C)(C)N=C(O)C(CCC(=N)O)N=C(O)C(C)(C)N=C(O)C(C)(C)N=C(O)C(C)N=C(O)C(CO)N=C(O)C(C)N=C(O)C(C)(C)N=C(C)O)C(C)CC)C(O)=NC(C)C(=O)N1CCCC1C(O)=NC(C(O)=NC(C)(C)C(O)=NC(C)(C)C(O)=NC(CCC(=N)O)C(O)=NC(CCC(=N)O)C(O)=NC(CO)Cc1ccccc1)C(C)C. The van der Waals surface area contributed by atoms with Crippen LogP contribution >= 0.6 is 0 Å². The van der Waals surface area contributed by atoms with Crippen molar-refractivity contribution in [3.05, 3.63) is 35.9 Å². The molecule has 1 aliphatic rings. The van der Waals surface area contributed by atoms with Crippen LogP contribution in [0.1, 0.15) is 236 Å². The molecule has 48 nitrogen and oxygen atoms in total. The summed E-state index contributed by atoms with van der Waals surface area (Å²) in [6.07, 6.45) is -0.850. The Kier molecular flexibility index (Phi) is 46.5. The Morgan fingerprint density at radius 2 is 0.761 bits per heavy atom. The van der Waals surface area contributed by atoms with Crippen LogP contribution in [-0.2, 0) is 11.2 Å². The third-order valence-corrected chi connectivity index (χ3v) is 21.8. The fraction of sp³-hybridized carbons (Fsp3) is 0.678. The molecule has 1 aromatic carbocycles. The molecule has 0 aromatic heterocycles. The van der Waals surface area contributed by atoms with Crippen molar-refractivity contribution in [1.29, 1.82) is 16.2 Å². The van der Waals surface area contributed by atoms with Gasteiger partial charge in [-0.3, -0.25) is 21.0 Å². The van der Waals surface area contributed by atoms with Gasteiger partial charge in [-0.1, -0.05) is 84.7 Å². The van der Waals surface area contributed by atoms with E-state index in [-0.39, 0.29) is 44.5 Å². The summed E-state index contributed by atoms with van der Waals surface area (Å²) >= 11 is 0. The van der Waals surface area contributed by atoms with E-state index >= 15 is 0 Å². The zero-order chi connectivity index (χ0) is 106. The average molecular weight is 1950 g/mol. The van der Waals surface area contributed by atoms with Crippen molar-refractivity contribution >= 4 is 136 Å². The summed E-state index contributed by atoms with van der Waals surface area (Å²) in [5, 5.41) is 287. The fourth-order valence-corrected chi connectivity index (χ4v) is 12.7. The minimum atomic E-state index is -1.90. The number of carbonyl (C=O) groups is 1. The number of hydrogen-bond donors (Lipinski definition) is 27. The fourth-order valence-electron chi connectivity index (χ4n) is 12.7. The smallest absolute Gasteiger partial charge is 0.247 e. The van der Waals surface area contributed by atoms with E-state index in [0.29, 0.717) is 19.3 Å². The highest BCUT2D eigenvalue weighted by Gasteiger charge is 2.42. The molecule has 0 spiro atoms. The molecular formula is C90H149N23O25. The minimum Gasteiger partial charge on any atom is -0.497 e. The summed E-state index contributed by atoms with van der Waals surface area (Å²) in [4.78, 5) is 94.7. The maximum atomic E-state index is 14.3. The molecule has 1 aromatic rings. The first-order chi connectivity index (χ1) is 63.5. The van der Waals surface area contributed by atoms with Gasteiger partial charge in [0.1, 0.15) is 106 Å². The quantitative estimate of drug-likeness (QED) is 0.0213. The number of likely N-dealkylation sites (tertiary alicyclic amines) is 1. The molecule has 1 saturated heterocycles. The van der Waals surface area contributed by atoms with Crippen molar-refractivity contribution in [3.63, 3.8) is 0 Å². The van der Waals surface area contributed by atoms with Gasteiger partial charge in [0.15, 0.2) is 29.6 Å². The number of nitrogens with zero attached hydrogens (tertiary/aromatic N) is 20. The minimum absolute atomic E-state index is 0.0869. The van der Waals surface area contributed by atoms with Crippen LogP contribution in [-0.4, -0.2) is 401 Å². The predicted molar refractivity (Wildman–Crippen MR) is 541 cm³/mol. The molecule has 1 heterocycles. The van der Waals surface area contributed by atoms with Crippen LogP contribution in [0.15, 0.2) is 125 Å². The van der Waals surface area contributed by atoms with Gasteiger partial charge in [-0.05, 0) is 180 Å². The van der Waals surface area contributed by atoms with E-state index in [9.17, 15) is 127 Å². The summed E-state index contributed by atoms with van der Waals surface area (Å²) in [7, 11) is 0. The van der Waals surface area contributed by atoms with E-state index < -0.39 is 298 Å². The van der Waals surface area contributed by atoms with Crippen molar-refractivity contribution in [3.8, 4) is 0 Å². The highest BCUT2D eigenvalue weighted by Crippen LogP contribution is 2.29. The average Bonchev–Trinajstić information content (AvgIpc) is 1.33. The van der Waals surface area contributed by atoms with Crippen LogP contribution in [0.25, 0.3) is 0 Å². The molecule has 774 valence electrons. The molecule has 2 rings (SSSR count). The highest BCUT2D eigenvalue weighted by molar-refractivity contribution is 6.00. The Bertz CT molecular complexity index is 4920. The Balaban J connectivity index is 2.53. The summed E-state index contributed by atoms with van der Waals surface area (Å²) < 4.78 is 0. The van der Waals surface area contributed by atoms with Gasteiger partial charge in [-0.2, -0.15) is 0 Å². The third-order valence-electron chi connectivity index (χ3n) is 21.8. The maximum absolute atomic E-state index is 14.3. The molecule has 27 N–H and O–H groups in total. The summed E-state index contributed by atoms with van der Waals surface area (Å²) in [6, 6.07) is -7.27. The monoisotopic (exact) mass is 1950 g/mol. The molecule has 0 saturated carbocycles. The van der Waals surface area contributed by atoms with Gasteiger partial charge in [-0.25, -0.2) is 94.9 Å². The lowest BCUT2D eigenvalue weighted by molar-refractivity contribution is -0.132. The predicted octanol–water partition coefficient (Wildman–Crippen LogP) is 12.7. The Morgan fingerprint density at radius 1 is 0.384 bits per heavy atom. The Hall–Kier alpha value is -13.1. The number of nitrogens with one attached hydrogen (secondary N) is 3. The number of hydrogen-bond acceptors (Lipinski definition) is 25. The normalized spacial score (nSPS) is 19.4. The third kappa shape index (κ3) is 38.5. The van der Waals surface area contributed by atoms with Crippen molar-refractivity contribution < 1.29 is 127 Å². The molecule has 0 aliphatic carbocycles. The van der Waals surface area contributed by atoms with Gasteiger partial charge >= 0.3 is 0 Å². The lowest BCUT2D eigenvalue weighted by atomic mass is 9.97. The number of benzene rings is 1. The number of aliphatic imine (C=N–C) groups is 19. The van der Waals surface area contributed by atoms with Crippen molar-refractivity contribution in [2.45, 2.75) is 348 Å². The summed E-state index contributed by atoms with van der Waals surface area (Å²) in [5.41, 5.74) is -11.7. The molecule has 0 bridgehead atoms. The van der Waals surface area contributed by atoms with Crippen molar-refractivity contribution in [1.82, 2.24) is 4.90 Å². The zero-order valence-electron chi connectivity index (χ0n) is 83.2. The first kappa shape index (κ1) is 121. The topological polar surface area (TPSA) is 812 Å². The molecule has 48 heteroatoms. The molecule has 1 aliphatic heterocycles. The second-order valence-corrected chi connectivity index (χ2v) is 37.5. The summed E-state index contributed by atoms with van der Waals surface area (Å²) in [5.74, 6) is -19.1. The van der Waals surface area contributed by atoms with Gasteiger partial charge in [0.25, 0.3) is 0 Å². The Morgan fingerprint density at radius 3 is 1.22 bits per heavy atom. The van der Waals surface area contributed by atoms with Gasteiger partial charge in [0.2, 0.25) is 112 Å². The maximum Gasteiger partial charge on any atom is 0.247 e. The van der Waals surface area contributed by atoms with Crippen LogP contribution < -0.4 is 0 Å². The molecule has 1 amide bonds. The van der Waals surface area contributed by atoms with Crippen LogP contribution in [0.2, 0.25) is 0 Å². The first-order valence-electron chi connectivity index (χ1n) is 45.0. The number of rotatable bonds is 56. The molecule has 1 fully saturated rings. The van der Waals surface area contributed by atoms with E-state index in [2.05, 4.69) is 94.9 Å². The number of aliphatic hydroxyl groups is 24. The Labute approximate surface area is 803 Å². The van der Waals surface area contributed by atoms with E-state index in [1.54, 1.807) is 71.9 Å². The number of carbonyl (C=O) groups excluding carboxylic acids is 1. The van der Waals surface area contributed by atoms with Crippen LogP contribution in [0.5, 0.6) is 0 Å². The molecule has 14 unspecified atom stereocenters. The number of aliphatic hydroxyl groups excluding tert-OH is 24. The highest BCUT2D eigenvalue weighted by atomic mass is 16.3. The second-order valence-electron chi connectivity index (χ2n) is 37.5. The molecule has 138 heavy (non-hydrogen) atoms. The van der Waals surface area contributed by atoms with E-state index in [1.807, 2.05) is 0 Å². The lowest BCUT2D eigenvalue weighted by Crippen LogP contribution is -2.45. The van der Waals surface area contributed by atoms with Crippen molar-refractivity contribution in [2.75, 3.05) is 26.3 Å². The first-order valence-corrected chi connectivity index (χ1v) is 45.0. The molecule has 14 atom stereocenters. The van der Waals surface area contributed by atoms with Crippen LogP contribution in [0.4, 0.5) is 0 Å². The van der Waals surface area contributed by atoms with Gasteiger partial charge in [0, 0.05) is 32.7 Å². The zero-order valence-corrected chi connectivity index (χ0v) is 83.2. The van der Waals surface area contributed by atoms with Gasteiger partial charge in [-0.15, -0.1) is 0 Å². The van der Waals surface area contributed by atoms with E-state index in [4.69, 9.17) is 16.2 Å². The number of amides is 1. The molecule has 0 radical (unpaired) electrons. The lowest BCUT2D eigenvalue weighted by Gasteiger charge is -2.27.